The Morgan fingerprint density at radius 1 is 0.850 bits per heavy atom. The van der Waals surface area contributed by atoms with Gasteiger partial charge in [0, 0.05) is 18.8 Å². The Hall–Kier alpha value is -2.47. The fourth-order valence-electron chi connectivity index (χ4n) is 2.43. The van der Waals surface area contributed by atoms with Gasteiger partial charge < -0.3 is 9.64 Å². The molecule has 0 N–H and O–H groups in total. The van der Waals surface area contributed by atoms with Crippen molar-refractivity contribution >= 4 is 5.69 Å². The van der Waals surface area contributed by atoms with E-state index in [1.54, 1.807) is 12.1 Å². The maximum absolute atomic E-state index is 8.76. The van der Waals surface area contributed by atoms with Crippen molar-refractivity contribution in [1.29, 1.82) is 5.26 Å². The summed E-state index contributed by atoms with van der Waals surface area (Å²) in [7, 11) is 0. The second kappa shape index (κ2) is 5.66. The Morgan fingerprint density at radius 3 is 1.95 bits per heavy atom. The lowest BCUT2D eigenvalue weighted by Gasteiger charge is -2.17. The van der Waals surface area contributed by atoms with Gasteiger partial charge in [-0.2, -0.15) is 5.26 Å². The van der Waals surface area contributed by atoms with Crippen LogP contribution in [-0.2, 0) is 0 Å². The molecule has 0 spiro atoms. The minimum Gasteiger partial charge on any atom is -0.457 e. The fraction of sp³-hybridized carbons (Fsp3) is 0.235. The average molecular weight is 264 g/mol. The number of nitrogens with zero attached hydrogens (tertiary/aromatic N) is 2. The van der Waals surface area contributed by atoms with Crippen molar-refractivity contribution in [1.82, 2.24) is 0 Å². The molecule has 1 heterocycles. The molecule has 0 atom stereocenters. The fourth-order valence-corrected chi connectivity index (χ4v) is 2.43. The average Bonchev–Trinajstić information content (AvgIpc) is 3.03. The summed E-state index contributed by atoms with van der Waals surface area (Å²) in [4.78, 5) is 2.39. The van der Waals surface area contributed by atoms with E-state index in [0.717, 1.165) is 24.6 Å². The van der Waals surface area contributed by atoms with Gasteiger partial charge in [-0.1, -0.05) is 0 Å². The van der Waals surface area contributed by atoms with Crippen LogP contribution in [0.1, 0.15) is 18.4 Å². The summed E-state index contributed by atoms with van der Waals surface area (Å²) in [6.45, 7) is 2.30. The smallest absolute Gasteiger partial charge is 0.127 e. The first-order valence-electron chi connectivity index (χ1n) is 6.88. The Bertz CT molecular complexity index is 605. The molecule has 1 aliphatic heterocycles. The Morgan fingerprint density at radius 2 is 1.40 bits per heavy atom. The topological polar surface area (TPSA) is 36.3 Å². The summed E-state index contributed by atoms with van der Waals surface area (Å²) >= 11 is 0. The molecule has 0 bridgehead atoms. The standard InChI is InChI=1S/C17H16N2O/c18-13-14-3-7-16(8-4-14)20-17-9-5-15(6-10-17)19-11-1-2-12-19/h3-10H,1-2,11-12H2. The summed E-state index contributed by atoms with van der Waals surface area (Å²) in [5, 5.41) is 8.76. The molecule has 100 valence electrons. The van der Waals surface area contributed by atoms with E-state index in [2.05, 4.69) is 23.1 Å². The number of hydrogen-bond acceptors (Lipinski definition) is 3. The van der Waals surface area contributed by atoms with Gasteiger partial charge in [-0.05, 0) is 61.4 Å². The van der Waals surface area contributed by atoms with Crippen molar-refractivity contribution in [3.05, 3.63) is 54.1 Å². The van der Waals surface area contributed by atoms with E-state index in [4.69, 9.17) is 10.00 Å². The van der Waals surface area contributed by atoms with E-state index in [-0.39, 0.29) is 0 Å². The van der Waals surface area contributed by atoms with Gasteiger partial charge in [0.2, 0.25) is 0 Å². The van der Waals surface area contributed by atoms with Gasteiger partial charge in [-0.15, -0.1) is 0 Å². The maximum atomic E-state index is 8.76. The van der Waals surface area contributed by atoms with Gasteiger partial charge in [0.25, 0.3) is 0 Å². The van der Waals surface area contributed by atoms with Gasteiger partial charge in [0.1, 0.15) is 11.5 Å². The molecule has 20 heavy (non-hydrogen) atoms. The zero-order valence-electron chi connectivity index (χ0n) is 11.2. The first kappa shape index (κ1) is 12.6. The molecule has 0 saturated carbocycles. The highest BCUT2D eigenvalue weighted by molar-refractivity contribution is 5.50. The quantitative estimate of drug-likeness (QED) is 0.842. The normalized spacial score (nSPS) is 14.1. The zero-order chi connectivity index (χ0) is 13.8. The van der Waals surface area contributed by atoms with Crippen molar-refractivity contribution < 1.29 is 4.74 Å². The first-order valence-corrected chi connectivity index (χ1v) is 6.88. The lowest BCUT2D eigenvalue weighted by molar-refractivity contribution is 0.482. The lowest BCUT2D eigenvalue weighted by atomic mass is 10.2. The molecule has 0 amide bonds. The van der Waals surface area contributed by atoms with Crippen LogP contribution in [0.25, 0.3) is 0 Å². The van der Waals surface area contributed by atoms with Gasteiger partial charge in [0.15, 0.2) is 0 Å². The van der Waals surface area contributed by atoms with Crippen LogP contribution in [0.3, 0.4) is 0 Å². The van der Waals surface area contributed by atoms with Crippen LogP contribution in [0, 0.1) is 11.3 Å². The molecular formula is C17H16N2O. The monoisotopic (exact) mass is 264 g/mol. The van der Waals surface area contributed by atoms with Crippen LogP contribution < -0.4 is 9.64 Å². The Kier molecular flexibility index (Phi) is 3.56. The lowest BCUT2D eigenvalue weighted by Crippen LogP contribution is -2.17. The van der Waals surface area contributed by atoms with Crippen LogP contribution in [0.2, 0.25) is 0 Å². The second-order valence-corrected chi connectivity index (χ2v) is 4.93. The highest BCUT2D eigenvalue weighted by Gasteiger charge is 2.11. The molecule has 0 aromatic heterocycles. The molecule has 1 saturated heterocycles. The molecule has 3 heteroatoms. The number of anilines is 1. The molecule has 2 aromatic rings. The molecule has 1 fully saturated rings. The third kappa shape index (κ3) is 2.75. The number of nitriles is 1. The largest absolute Gasteiger partial charge is 0.457 e. The summed E-state index contributed by atoms with van der Waals surface area (Å²) in [6.07, 6.45) is 2.56. The van der Waals surface area contributed by atoms with E-state index >= 15 is 0 Å². The second-order valence-electron chi connectivity index (χ2n) is 4.93. The van der Waals surface area contributed by atoms with Crippen LogP contribution in [-0.4, -0.2) is 13.1 Å². The molecule has 0 aliphatic carbocycles. The third-order valence-corrected chi connectivity index (χ3v) is 3.53. The minimum absolute atomic E-state index is 0.640. The highest BCUT2D eigenvalue weighted by atomic mass is 16.5. The van der Waals surface area contributed by atoms with Crippen LogP contribution >= 0.6 is 0 Å². The minimum atomic E-state index is 0.640. The zero-order valence-corrected chi connectivity index (χ0v) is 11.2. The van der Waals surface area contributed by atoms with Gasteiger partial charge in [-0.25, -0.2) is 0 Å². The van der Waals surface area contributed by atoms with E-state index in [0.29, 0.717) is 5.56 Å². The summed E-state index contributed by atoms with van der Waals surface area (Å²) in [6, 6.07) is 17.4. The molecule has 2 aromatic carbocycles. The number of ether oxygens (including phenoxy) is 1. The van der Waals surface area contributed by atoms with Gasteiger partial charge in [-0.3, -0.25) is 0 Å². The SMILES string of the molecule is N#Cc1ccc(Oc2ccc(N3CCCC3)cc2)cc1. The first-order chi connectivity index (χ1) is 9.85. The molecule has 0 unspecified atom stereocenters. The molecular weight excluding hydrogens is 248 g/mol. The van der Waals surface area contributed by atoms with Crippen molar-refractivity contribution in [3.8, 4) is 17.6 Å². The van der Waals surface area contributed by atoms with E-state index in [1.165, 1.54) is 18.5 Å². The predicted octanol–water partition coefficient (Wildman–Crippen LogP) is 3.95. The Labute approximate surface area is 119 Å². The predicted molar refractivity (Wildman–Crippen MR) is 79.1 cm³/mol. The van der Waals surface area contributed by atoms with Gasteiger partial charge in [0.05, 0.1) is 11.6 Å². The Balaban J connectivity index is 1.69. The van der Waals surface area contributed by atoms with Crippen molar-refractivity contribution in [2.75, 3.05) is 18.0 Å². The van der Waals surface area contributed by atoms with E-state index in [1.807, 2.05) is 24.3 Å². The molecule has 3 rings (SSSR count). The molecule has 3 nitrogen and oxygen atoms in total. The van der Waals surface area contributed by atoms with Crippen LogP contribution in [0.4, 0.5) is 5.69 Å². The van der Waals surface area contributed by atoms with Crippen molar-refractivity contribution in [2.45, 2.75) is 12.8 Å². The van der Waals surface area contributed by atoms with Crippen LogP contribution in [0.15, 0.2) is 48.5 Å². The van der Waals surface area contributed by atoms with Crippen LogP contribution in [0.5, 0.6) is 11.5 Å². The summed E-state index contributed by atoms with van der Waals surface area (Å²) < 4.78 is 5.77. The number of benzene rings is 2. The summed E-state index contributed by atoms with van der Waals surface area (Å²) in [5.41, 5.74) is 1.90. The number of rotatable bonds is 3. The maximum Gasteiger partial charge on any atom is 0.127 e. The third-order valence-electron chi connectivity index (χ3n) is 3.53. The highest BCUT2D eigenvalue weighted by Crippen LogP contribution is 2.26. The van der Waals surface area contributed by atoms with Crippen molar-refractivity contribution in [2.24, 2.45) is 0 Å². The van der Waals surface area contributed by atoms with Crippen molar-refractivity contribution in [3.63, 3.8) is 0 Å². The van der Waals surface area contributed by atoms with E-state index < -0.39 is 0 Å². The summed E-state index contributed by atoms with van der Waals surface area (Å²) in [5.74, 6) is 1.57. The number of hydrogen-bond donors (Lipinski definition) is 0. The molecule has 1 aliphatic rings. The van der Waals surface area contributed by atoms with E-state index in [9.17, 15) is 0 Å². The molecule has 0 radical (unpaired) electrons. The van der Waals surface area contributed by atoms with Gasteiger partial charge >= 0.3 is 0 Å².